The zero-order valence-corrected chi connectivity index (χ0v) is 20.9. The number of aliphatic carboxylic acids is 1. The number of rotatable bonds is 19. The van der Waals surface area contributed by atoms with E-state index in [-0.39, 0.29) is 5.92 Å². The van der Waals surface area contributed by atoms with Crippen LogP contribution in [0.1, 0.15) is 109 Å². The molecule has 1 aromatic heterocycles. The normalized spacial score (nSPS) is 12.0. The molecule has 0 spiro atoms. The zero-order chi connectivity index (χ0) is 23.6. The van der Waals surface area contributed by atoms with Gasteiger partial charge >= 0.3 is 5.97 Å². The molecule has 0 saturated heterocycles. The van der Waals surface area contributed by atoms with Gasteiger partial charge < -0.3 is 5.11 Å². The molecule has 33 heavy (non-hydrogen) atoms. The van der Waals surface area contributed by atoms with E-state index in [1.807, 2.05) is 42.7 Å². The van der Waals surface area contributed by atoms with Crippen LogP contribution in [0.2, 0.25) is 0 Å². The highest BCUT2D eigenvalue weighted by Crippen LogP contribution is 2.20. The van der Waals surface area contributed by atoms with E-state index in [1.165, 1.54) is 77.0 Å². The Morgan fingerprint density at radius 1 is 0.727 bits per heavy atom. The van der Waals surface area contributed by atoms with Gasteiger partial charge in [0.05, 0.1) is 5.92 Å². The number of hydrogen-bond donors (Lipinski definition) is 1. The second-order valence-electron chi connectivity index (χ2n) is 9.54. The van der Waals surface area contributed by atoms with Crippen molar-refractivity contribution in [1.29, 1.82) is 0 Å². The molecule has 1 atom stereocenters. The van der Waals surface area contributed by atoms with Crippen LogP contribution >= 0.6 is 0 Å². The highest BCUT2D eigenvalue weighted by atomic mass is 16.4. The Hall–Kier alpha value is -2.16. The molecular formula is C30H46NO2+. The number of unbranched alkanes of at least 4 members (excludes halogenated alkanes) is 13. The molecule has 2 rings (SSSR count). The molecule has 0 aliphatic heterocycles. The van der Waals surface area contributed by atoms with Crippen LogP contribution in [0.4, 0.5) is 0 Å². The van der Waals surface area contributed by atoms with Gasteiger partial charge in [-0.25, -0.2) is 0 Å². The molecule has 1 aromatic carbocycles. The third-order valence-electron chi connectivity index (χ3n) is 6.71. The van der Waals surface area contributed by atoms with E-state index in [0.29, 0.717) is 6.42 Å². The number of carboxylic acids is 1. The standard InChI is InChI=1S/C30H45NO2/c1-2-3-4-5-6-7-8-9-10-11-12-13-14-16-22-28(30(32)33)26-27-21-17-18-23-29(27)31-24-19-15-20-25-31/h15,17-21,23-25,28H,2-14,16,22,26H2,1H3/p+1. The van der Waals surface area contributed by atoms with Crippen molar-refractivity contribution in [2.75, 3.05) is 0 Å². The molecule has 0 bridgehead atoms. The minimum absolute atomic E-state index is 0.312. The van der Waals surface area contributed by atoms with Crippen molar-refractivity contribution < 1.29 is 14.5 Å². The van der Waals surface area contributed by atoms with Crippen LogP contribution in [0, 0.1) is 5.92 Å². The topological polar surface area (TPSA) is 41.2 Å². The Bertz CT molecular complexity index is 759. The van der Waals surface area contributed by atoms with Gasteiger partial charge in [0.2, 0.25) is 5.69 Å². The summed E-state index contributed by atoms with van der Waals surface area (Å²) in [4.78, 5) is 11.9. The van der Waals surface area contributed by atoms with Gasteiger partial charge in [-0.1, -0.05) is 121 Å². The lowest BCUT2D eigenvalue weighted by molar-refractivity contribution is -0.596. The summed E-state index contributed by atoms with van der Waals surface area (Å²) in [5, 5.41) is 9.79. The molecule has 3 nitrogen and oxygen atoms in total. The van der Waals surface area contributed by atoms with E-state index >= 15 is 0 Å². The number of carboxylic acid groups (broad SMARTS) is 1. The van der Waals surface area contributed by atoms with Gasteiger partial charge in [0.25, 0.3) is 0 Å². The first-order valence-electron chi connectivity index (χ1n) is 13.5. The van der Waals surface area contributed by atoms with Gasteiger partial charge in [-0.3, -0.25) is 4.79 Å². The van der Waals surface area contributed by atoms with E-state index in [2.05, 4.69) is 23.6 Å². The molecular weight excluding hydrogens is 406 g/mol. The van der Waals surface area contributed by atoms with Crippen molar-refractivity contribution in [3.63, 3.8) is 0 Å². The van der Waals surface area contributed by atoms with Crippen molar-refractivity contribution in [3.8, 4) is 5.69 Å². The molecule has 0 fully saturated rings. The average molecular weight is 453 g/mol. The number of hydrogen-bond acceptors (Lipinski definition) is 1. The highest BCUT2D eigenvalue weighted by Gasteiger charge is 2.21. The Morgan fingerprint density at radius 3 is 1.79 bits per heavy atom. The molecule has 0 radical (unpaired) electrons. The van der Waals surface area contributed by atoms with Gasteiger partial charge in [-0.15, -0.1) is 0 Å². The molecule has 1 N–H and O–H groups in total. The number of nitrogens with zero attached hydrogens (tertiary/aromatic N) is 1. The minimum Gasteiger partial charge on any atom is -0.481 e. The molecule has 0 saturated carbocycles. The molecule has 0 amide bonds. The van der Waals surface area contributed by atoms with E-state index < -0.39 is 5.97 Å². The summed E-state index contributed by atoms with van der Waals surface area (Å²) in [7, 11) is 0. The van der Waals surface area contributed by atoms with Crippen LogP contribution in [0.25, 0.3) is 5.69 Å². The van der Waals surface area contributed by atoms with Crippen LogP contribution in [0.5, 0.6) is 0 Å². The van der Waals surface area contributed by atoms with Crippen molar-refractivity contribution in [2.24, 2.45) is 5.92 Å². The zero-order valence-electron chi connectivity index (χ0n) is 20.9. The first kappa shape index (κ1) is 27.1. The Kier molecular flexibility index (Phi) is 14.2. The molecule has 182 valence electrons. The van der Waals surface area contributed by atoms with E-state index in [1.54, 1.807) is 0 Å². The number of carbonyl (C=O) groups is 1. The molecule has 1 unspecified atom stereocenters. The summed E-state index contributed by atoms with van der Waals surface area (Å²) in [6.45, 7) is 2.27. The largest absolute Gasteiger partial charge is 0.481 e. The maximum Gasteiger partial charge on any atom is 0.306 e. The summed E-state index contributed by atoms with van der Waals surface area (Å²) in [5.41, 5.74) is 2.18. The highest BCUT2D eigenvalue weighted by molar-refractivity contribution is 5.70. The fourth-order valence-electron chi connectivity index (χ4n) is 4.66. The summed E-state index contributed by atoms with van der Waals surface area (Å²) in [5.74, 6) is -0.981. The van der Waals surface area contributed by atoms with Crippen molar-refractivity contribution in [1.82, 2.24) is 0 Å². The average Bonchev–Trinajstić information content (AvgIpc) is 2.84. The lowest BCUT2D eigenvalue weighted by Crippen LogP contribution is -2.31. The smallest absolute Gasteiger partial charge is 0.306 e. The second-order valence-corrected chi connectivity index (χ2v) is 9.54. The Balaban J connectivity index is 1.60. The van der Waals surface area contributed by atoms with Crippen molar-refractivity contribution in [2.45, 2.75) is 110 Å². The monoisotopic (exact) mass is 452 g/mol. The lowest BCUT2D eigenvalue weighted by Gasteiger charge is -2.13. The molecule has 2 aromatic rings. The molecule has 0 aliphatic rings. The minimum atomic E-state index is -0.669. The van der Waals surface area contributed by atoms with Crippen molar-refractivity contribution in [3.05, 3.63) is 60.4 Å². The van der Waals surface area contributed by atoms with Crippen molar-refractivity contribution >= 4 is 5.97 Å². The second kappa shape index (κ2) is 17.3. The number of para-hydroxylation sites is 1. The summed E-state index contributed by atoms with van der Waals surface area (Å²) in [6, 6.07) is 14.2. The van der Waals surface area contributed by atoms with Crippen LogP contribution in [-0.2, 0) is 11.2 Å². The van der Waals surface area contributed by atoms with E-state index in [9.17, 15) is 9.90 Å². The summed E-state index contributed by atoms with van der Waals surface area (Å²) < 4.78 is 2.07. The van der Waals surface area contributed by atoms with Gasteiger partial charge in [0.15, 0.2) is 12.4 Å². The number of pyridine rings is 1. The third-order valence-corrected chi connectivity index (χ3v) is 6.71. The predicted octanol–water partition coefficient (Wildman–Crippen LogP) is 8.08. The Morgan fingerprint density at radius 2 is 1.24 bits per heavy atom. The maximum absolute atomic E-state index is 11.9. The van der Waals surface area contributed by atoms with Crippen LogP contribution in [0.3, 0.4) is 0 Å². The van der Waals surface area contributed by atoms with Crippen LogP contribution < -0.4 is 4.57 Å². The summed E-state index contributed by atoms with van der Waals surface area (Å²) in [6.07, 6.45) is 23.9. The maximum atomic E-state index is 11.9. The third kappa shape index (κ3) is 11.5. The van der Waals surface area contributed by atoms with Crippen LogP contribution in [0.15, 0.2) is 54.9 Å². The molecule has 0 aliphatic carbocycles. The fourth-order valence-corrected chi connectivity index (χ4v) is 4.66. The van der Waals surface area contributed by atoms with E-state index in [4.69, 9.17) is 0 Å². The lowest BCUT2D eigenvalue weighted by atomic mass is 9.92. The number of benzene rings is 1. The van der Waals surface area contributed by atoms with Gasteiger partial charge in [-0.2, -0.15) is 4.57 Å². The first-order valence-corrected chi connectivity index (χ1v) is 13.5. The predicted molar refractivity (Wildman–Crippen MR) is 138 cm³/mol. The molecule has 3 heteroatoms. The van der Waals surface area contributed by atoms with E-state index in [0.717, 1.165) is 30.5 Å². The van der Waals surface area contributed by atoms with Gasteiger partial charge in [0.1, 0.15) is 0 Å². The molecule has 1 heterocycles. The van der Waals surface area contributed by atoms with Gasteiger partial charge in [-0.05, 0) is 12.8 Å². The van der Waals surface area contributed by atoms with Crippen LogP contribution in [-0.4, -0.2) is 11.1 Å². The SMILES string of the molecule is CCCCCCCCCCCCCCCCC(Cc1ccccc1-[n+]1ccccc1)C(=O)O. The quantitative estimate of drug-likeness (QED) is 0.173. The Labute approximate surface area is 202 Å². The summed E-state index contributed by atoms with van der Waals surface area (Å²) >= 11 is 0. The fraction of sp³-hybridized carbons (Fsp3) is 0.600. The van der Waals surface area contributed by atoms with Gasteiger partial charge in [0, 0.05) is 23.8 Å². The number of aromatic nitrogens is 1. The first-order chi connectivity index (χ1) is 16.2.